The second-order valence-corrected chi connectivity index (χ2v) is 10.7. The molecule has 0 aliphatic heterocycles. The molecular weight excluding hydrogens is 448 g/mol. The summed E-state index contributed by atoms with van der Waals surface area (Å²) in [5.74, 6) is 0.747. The third kappa shape index (κ3) is 6.84. The Morgan fingerprint density at radius 1 is 0.912 bits per heavy atom. The van der Waals surface area contributed by atoms with E-state index in [1.54, 1.807) is 36.4 Å². The van der Waals surface area contributed by atoms with Gasteiger partial charge in [-0.3, -0.25) is 9.52 Å². The van der Waals surface area contributed by atoms with Crippen LogP contribution < -0.4 is 14.8 Å². The molecule has 0 heterocycles. The lowest BCUT2D eigenvalue weighted by Crippen LogP contribution is -2.31. The van der Waals surface area contributed by atoms with E-state index in [2.05, 4.69) is 16.1 Å². The summed E-state index contributed by atoms with van der Waals surface area (Å²) in [7, 11) is -3.71. The first-order chi connectivity index (χ1) is 16.1. The fourth-order valence-electron chi connectivity index (χ4n) is 3.41. The van der Waals surface area contributed by atoms with Crippen molar-refractivity contribution in [2.75, 3.05) is 16.6 Å². The highest BCUT2D eigenvalue weighted by Gasteiger charge is 2.27. The van der Waals surface area contributed by atoms with Crippen LogP contribution in [0.3, 0.4) is 0 Å². The smallest absolute Gasteiger partial charge is 0.261 e. The molecule has 0 fully saturated rings. The lowest BCUT2D eigenvalue weighted by atomic mass is 9.87. The zero-order chi connectivity index (χ0) is 24.8. The van der Waals surface area contributed by atoms with Gasteiger partial charge in [0.05, 0.1) is 11.5 Å². The summed E-state index contributed by atoms with van der Waals surface area (Å²) in [6, 6.07) is 21.0. The molecule has 0 aromatic heterocycles. The van der Waals surface area contributed by atoms with Crippen LogP contribution in [0.15, 0.2) is 77.7 Å². The van der Waals surface area contributed by atoms with Crippen molar-refractivity contribution in [2.24, 2.45) is 5.41 Å². The standard InChI is InChI=1S/C27H32N2O4S/c1-20-11-12-21(2)25(19-20)33-18-8-17-27(3,4)26(30)28-22-13-15-24(16-14-22)34(31,32)29-23-9-6-5-7-10-23/h5-7,9-16,19,29H,8,17-18H2,1-4H3,(H,28,30). The number of rotatable bonds is 10. The Morgan fingerprint density at radius 2 is 1.59 bits per heavy atom. The Labute approximate surface area is 202 Å². The second kappa shape index (κ2) is 10.7. The summed E-state index contributed by atoms with van der Waals surface area (Å²) >= 11 is 0. The first-order valence-electron chi connectivity index (χ1n) is 11.3. The quantitative estimate of drug-likeness (QED) is 0.352. The van der Waals surface area contributed by atoms with Crippen LogP contribution in [0.1, 0.15) is 37.8 Å². The fraction of sp³-hybridized carbons (Fsp3) is 0.296. The SMILES string of the molecule is Cc1ccc(C)c(OCCCC(C)(C)C(=O)Nc2ccc(S(=O)(=O)Nc3ccccc3)cc2)c1. The number of aryl methyl sites for hydroxylation is 2. The maximum absolute atomic E-state index is 12.8. The molecule has 34 heavy (non-hydrogen) atoms. The normalized spacial score (nSPS) is 11.6. The van der Waals surface area contributed by atoms with Crippen molar-refractivity contribution in [3.63, 3.8) is 0 Å². The number of amides is 1. The average molecular weight is 481 g/mol. The maximum atomic E-state index is 12.8. The molecule has 1 amide bonds. The molecular formula is C27H32N2O4S. The molecule has 0 saturated heterocycles. The molecule has 3 rings (SSSR count). The summed E-state index contributed by atoms with van der Waals surface area (Å²) in [5.41, 5.74) is 2.67. The number of carbonyl (C=O) groups is 1. The predicted molar refractivity (Wildman–Crippen MR) is 137 cm³/mol. The molecule has 0 atom stereocenters. The highest BCUT2D eigenvalue weighted by molar-refractivity contribution is 7.92. The van der Waals surface area contributed by atoms with Gasteiger partial charge in [0.2, 0.25) is 5.91 Å². The topological polar surface area (TPSA) is 84.5 Å². The molecule has 0 spiro atoms. The van der Waals surface area contributed by atoms with E-state index < -0.39 is 15.4 Å². The lowest BCUT2D eigenvalue weighted by molar-refractivity contribution is -0.124. The number of nitrogens with one attached hydrogen (secondary N) is 2. The Bertz CT molecular complexity index is 1220. The molecule has 180 valence electrons. The van der Waals surface area contributed by atoms with Gasteiger partial charge < -0.3 is 10.1 Å². The fourth-order valence-corrected chi connectivity index (χ4v) is 4.47. The summed E-state index contributed by atoms with van der Waals surface area (Å²) in [6.07, 6.45) is 1.38. The molecule has 7 heteroatoms. The number of ether oxygens (including phenoxy) is 1. The van der Waals surface area contributed by atoms with Gasteiger partial charge in [-0.05, 0) is 80.3 Å². The van der Waals surface area contributed by atoms with Crippen LogP contribution in [-0.4, -0.2) is 20.9 Å². The van der Waals surface area contributed by atoms with Crippen LogP contribution in [0.4, 0.5) is 11.4 Å². The van der Waals surface area contributed by atoms with Gasteiger partial charge in [0, 0.05) is 16.8 Å². The Balaban J connectivity index is 1.53. The van der Waals surface area contributed by atoms with Gasteiger partial charge in [0.1, 0.15) is 5.75 Å². The van der Waals surface area contributed by atoms with E-state index >= 15 is 0 Å². The number of benzene rings is 3. The number of hydrogen-bond acceptors (Lipinski definition) is 4. The van der Waals surface area contributed by atoms with Crippen LogP contribution >= 0.6 is 0 Å². The van der Waals surface area contributed by atoms with E-state index in [-0.39, 0.29) is 10.8 Å². The van der Waals surface area contributed by atoms with E-state index in [0.29, 0.717) is 24.4 Å². The van der Waals surface area contributed by atoms with Gasteiger partial charge in [-0.1, -0.05) is 44.2 Å². The maximum Gasteiger partial charge on any atom is 0.261 e. The molecule has 0 aliphatic rings. The summed E-state index contributed by atoms with van der Waals surface area (Å²) in [4.78, 5) is 13.0. The minimum absolute atomic E-state index is 0.122. The largest absolute Gasteiger partial charge is 0.493 e. The van der Waals surface area contributed by atoms with Gasteiger partial charge in [-0.25, -0.2) is 8.42 Å². The van der Waals surface area contributed by atoms with Gasteiger partial charge in [0.25, 0.3) is 10.0 Å². The zero-order valence-electron chi connectivity index (χ0n) is 20.1. The van der Waals surface area contributed by atoms with E-state index in [4.69, 9.17) is 4.74 Å². The van der Waals surface area contributed by atoms with Crippen molar-refractivity contribution in [3.05, 3.63) is 83.9 Å². The van der Waals surface area contributed by atoms with Crippen LogP contribution in [0.25, 0.3) is 0 Å². The number of para-hydroxylation sites is 1. The summed E-state index contributed by atoms with van der Waals surface area (Å²) < 4.78 is 33.6. The molecule has 0 bridgehead atoms. The molecule has 6 nitrogen and oxygen atoms in total. The van der Waals surface area contributed by atoms with Gasteiger partial charge in [0.15, 0.2) is 0 Å². The molecule has 3 aromatic rings. The Hall–Kier alpha value is -3.32. The van der Waals surface area contributed by atoms with Crippen LogP contribution in [0.5, 0.6) is 5.75 Å². The highest BCUT2D eigenvalue weighted by atomic mass is 32.2. The predicted octanol–water partition coefficient (Wildman–Crippen LogP) is 5.93. The second-order valence-electron chi connectivity index (χ2n) is 9.05. The van der Waals surface area contributed by atoms with Crippen LogP contribution in [0, 0.1) is 19.3 Å². The van der Waals surface area contributed by atoms with E-state index in [1.165, 1.54) is 12.1 Å². The molecule has 0 aliphatic carbocycles. The van der Waals surface area contributed by atoms with Crippen LogP contribution in [0.2, 0.25) is 0 Å². The van der Waals surface area contributed by atoms with Crippen molar-refractivity contribution in [1.29, 1.82) is 0 Å². The van der Waals surface area contributed by atoms with Crippen molar-refractivity contribution in [3.8, 4) is 5.75 Å². The van der Waals surface area contributed by atoms with E-state index in [1.807, 2.05) is 45.9 Å². The number of sulfonamides is 1. The van der Waals surface area contributed by atoms with Crippen LogP contribution in [-0.2, 0) is 14.8 Å². The monoisotopic (exact) mass is 480 g/mol. The summed E-state index contributed by atoms with van der Waals surface area (Å²) in [5, 5.41) is 2.89. The average Bonchev–Trinajstić information content (AvgIpc) is 2.79. The minimum Gasteiger partial charge on any atom is -0.493 e. The number of carbonyl (C=O) groups excluding carboxylic acids is 1. The van der Waals surface area contributed by atoms with E-state index in [9.17, 15) is 13.2 Å². The van der Waals surface area contributed by atoms with E-state index in [0.717, 1.165) is 23.3 Å². The molecule has 0 saturated carbocycles. The van der Waals surface area contributed by atoms with Crippen molar-refractivity contribution in [2.45, 2.75) is 45.4 Å². The molecule has 2 N–H and O–H groups in total. The Morgan fingerprint density at radius 3 is 2.26 bits per heavy atom. The number of anilines is 2. The first kappa shape index (κ1) is 25.3. The van der Waals surface area contributed by atoms with Gasteiger partial charge >= 0.3 is 0 Å². The number of hydrogen-bond donors (Lipinski definition) is 2. The van der Waals surface area contributed by atoms with Crippen molar-refractivity contribution >= 4 is 27.3 Å². The van der Waals surface area contributed by atoms with Crippen molar-refractivity contribution in [1.82, 2.24) is 0 Å². The minimum atomic E-state index is -3.71. The first-order valence-corrected chi connectivity index (χ1v) is 12.7. The van der Waals surface area contributed by atoms with Gasteiger partial charge in [-0.2, -0.15) is 0 Å². The van der Waals surface area contributed by atoms with Crippen molar-refractivity contribution < 1.29 is 17.9 Å². The van der Waals surface area contributed by atoms with Gasteiger partial charge in [-0.15, -0.1) is 0 Å². The third-order valence-electron chi connectivity index (χ3n) is 5.61. The zero-order valence-corrected chi connectivity index (χ0v) is 20.9. The lowest BCUT2D eigenvalue weighted by Gasteiger charge is -2.24. The molecule has 0 radical (unpaired) electrons. The third-order valence-corrected chi connectivity index (χ3v) is 7.01. The molecule has 0 unspecified atom stereocenters. The summed E-state index contributed by atoms with van der Waals surface area (Å²) in [6.45, 7) is 8.36. The highest BCUT2D eigenvalue weighted by Crippen LogP contribution is 2.26. The molecule has 3 aromatic carbocycles. The Kier molecular flexibility index (Phi) is 7.99.